The van der Waals surface area contributed by atoms with Crippen LogP contribution in [0.2, 0.25) is 0 Å². The third-order valence-electron chi connectivity index (χ3n) is 8.27. The second-order valence-electron chi connectivity index (χ2n) is 11.3. The van der Waals surface area contributed by atoms with Gasteiger partial charge in [0.05, 0.1) is 17.3 Å². The van der Waals surface area contributed by atoms with E-state index < -0.39 is 5.97 Å². The van der Waals surface area contributed by atoms with Gasteiger partial charge in [-0.2, -0.15) is 0 Å². The number of carboxylic acid groups (broad SMARTS) is 1. The van der Waals surface area contributed by atoms with Crippen molar-refractivity contribution >= 4 is 16.9 Å². The van der Waals surface area contributed by atoms with E-state index in [1.807, 2.05) is 6.07 Å². The van der Waals surface area contributed by atoms with Gasteiger partial charge in [0.25, 0.3) is 0 Å². The van der Waals surface area contributed by atoms with Gasteiger partial charge in [-0.05, 0) is 76.5 Å². The Kier molecular flexibility index (Phi) is 7.59. The molecule has 1 N–H and O–H groups in total. The highest BCUT2D eigenvalue weighted by molar-refractivity contribution is 5.98. The standard InChI is InChI=1S/C31H41N3O3/c1-21(2)33(17-16-32(3)4)24-19-34-27-18-23(31(35)36)14-15-25(27)29(22-10-6-5-7-11-22)30(34)26-12-8-9-13-28(26)37-20-24/h8-9,12-15,18,21-22,24H,5-7,10-11,16-17,19-20H2,1-4H3,(H,35,36). The molecule has 1 aromatic heterocycles. The number of hydrogen-bond donors (Lipinski definition) is 1. The zero-order valence-corrected chi connectivity index (χ0v) is 22.7. The van der Waals surface area contributed by atoms with Crippen LogP contribution in [0.5, 0.6) is 5.75 Å². The number of hydrogen-bond acceptors (Lipinski definition) is 4. The SMILES string of the molecule is CC(C)N(CCN(C)C)C1COc2ccccc2-c2c(C3CCCCC3)c3ccc(C(=O)O)cc3n2C1. The van der Waals surface area contributed by atoms with Crippen LogP contribution in [0, 0.1) is 0 Å². The molecule has 6 nitrogen and oxygen atoms in total. The zero-order valence-electron chi connectivity index (χ0n) is 22.7. The summed E-state index contributed by atoms with van der Waals surface area (Å²) in [6, 6.07) is 14.7. The van der Waals surface area contributed by atoms with Crippen LogP contribution in [0.1, 0.15) is 67.8 Å². The Bertz CT molecular complexity index is 1260. The van der Waals surface area contributed by atoms with E-state index in [2.05, 4.69) is 72.6 Å². The lowest BCUT2D eigenvalue weighted by atomic mass is 9.81. The third-order valence-corrected chi connectivity index (χ3v) is 8.27. The van der Waals surface area contributed by atoms with E-state index in [1.54, 1.807) is 6.07 Å². The Morgan fingerprint density at radius 2 is 1.84 bits per heavy atom. The molecule has 2 aliphatic rings. The molecule has 1 atom stereocenters. The van der Waals surface area contributed by atoms with Crippen molar-refractivity contribution in [3.8, 4) is 17.0 Å². The molecule has 0 spiro atoms. The smallest absolute Gasteiger partial charge is 0.335 e. The van der Waals surface area contributed by atoms with E-state index in [0.29, 0.717) is 24.1 Å². The first-order valence-corrected chi connectivity index (χ1v) is 13.9. The molecule has 2 aromatic carbocycles. The lowest BCUT2D eigenvalue weighted by molar-refractivity contribution is 0.0697. The molecule has 6 heteroatoms. The maximum absolute atomic E-state index is 12.0. The van der Waals surface area contributed by atoms with Gasteiger partial charge in [0.2, 0.25) is 0 Å². The van der Waals surface area contributed by atoms with Crippen molar-refractivity contribution in [2.75, 3.05) is 33.8 Å². The molecule has 1 aliphatic heterocycles. The van der Waals surface area contributed by atoms with Gasteiger partial charge in [-0.1, -0.05) is 37.5 Å². The highest BCUT2D eigenvalue weighted by Gasteiger charge is 2.32. The first-order valence-electron chi connectivity index (χ1n) is 13.9. The molecule has 5 rings (SSSR count). The third kappa shape index (κ3) is 5.14. The highest BCUT2D eigenvalue weighted by Crippen LogP contribution is 2.47. The Balaban J connectivity index is 1.74. The zero-order chi connectivity index (χ0) is 26.1. The number of fused-ring (bicyclic) bond motifs is 5. The fourth-order valence-corrected chi connectivity index (χ4v) is 6.41. The van der Waals surface area contributed by atoms with Gasteiger partial charge < -0.3 is 19.3 Å². The molecule has 37 heavy (non-hydrogen) atoms. The van der Waals surface area contributed by atoms with Crippen LogP contribution in [0.4, 0.5) is 0 Å². The minimum absolute atomic E-state index is 0.162. The summed E-state index contributed by atoms with van der Waals surface area (Å²) in [5, 5.41) is 11.1. The summed E-state index contributed by atoms with van der Waals surface area (Å²) >= 11 is 0. The minimum atomic E-state index is -0.877. The number of nitrogens with zero attached hydrogens (tertiary/aromatic N) is 3. The van der Waals surface area contributed by atoms with Gasteiger partial charge >= 0.3 is 5.97 Å². The van der Waals surface area contributed by atoms with Crippen molar-refractivity contribution in [1.29, 1.82) is 0 Å². The largest absolute Gasteiger partial charge is 0.491 e. The van der Waals surface area contributed by atoms with Crippen LogP contribution >= 0.6 is 0 Å². The van der Waals surface area contributed by atoms with E-state index in [1.165, 1.54) is 48.7 Å². The summed E-state index contributed by atoms with van der Waals surface area (Å²) in [6.45, 7) is 7.80. The number of likely N-dealkylation sites (N-methyl/N-ethyl adjacent to an activating group) is 1. The van der Waals surface area contributed by atoms with E-state index in [4.69, 9.17) is 4.74 Å². The van der Waals surface area contributed by atoms with E-state index in [-0.39, 0.29) is 6.04 Å². The molecule has 1 aliphatic carbocycles. The lowest BCUT2D eigenvalue weighted by Gasteiger charge is -2.37. The number of benzene rings is 2. The van der Waals surface area contributed by atoms with Crippen molar-refractivity contribution in [2.24, 2.45) is 0 Å². The molecule has 0 amide bonds. The van der Waals surface area contributed by atoms with E-state index in [9.17, 15) is 9.90 Å². The molecular formula is C31H41N3O3. The van der Waals surface area contributed by atoms with Crippen molar-refractivity contribution < 1.29 is 14.6 Å². The van der Waals surface area contributed by atoms with Crippen molar-refractivity contribution in [2.45, 2.75) is 70.5 Å². The Morgan fingerprint density at radius 1 is 1.08 bits per heavy atom. The molecule has 1 fully saturated rings. The van der Waals surface area contributed by atoms with Crippen LogP contribution in [0.3, 0.4) is 0 Å². The summed E-state index contributed by atoms with van der Waals surface area (Å²) < 4.78 is 9.01. The average molecular weight is 504 g/mol. The number of ether oxygens (including phenoxy) is 1. The number of aromatic carboxylic acids is 1. The normalized spacial score (nSPS) is 18.5. The summed E-state index contributed by atoms with van der Waals surface area (Å²) in [5.74, 6) is 0.518. The minimum Gasteiger partial charge on any atom is -0.491 e. The number of carbonyl (C=O) groups is 1. The van der Waals surface area contributed by atoms with Gasteiger partial charge in [0.15, 0.2) is 0 Å². The molecule has 1 saturated carbocycles. The molecular weight excluding hydrogens is 462 g/mol. The number of rotatable bonds is 7. The number of aromatic nitrogens is 1. The monoisotopic (exact) mass is 503 g/mol. The van der Waals surface area contributed by atoms with E-state index in [0.717, 1.165) is 36.5 Å². The maximum atomic E-state index is 12.0. The van der Waals surface area contributed by atoms with Gasteiger partial charge in [-0.25, -0.2) is 4.79 Å². The van der Waals surface area contributed by atoms with Gasteiger partial charge in [0.1, 0.15) is 12.4 Å². The Hall–Kier alpha value is -2.83. The van der Waals surface area contributed by atoms with Gasteiger partial charge in [-0.15, -0.1) is 0 Å². The van der Waals surface area contributed by atoms with Crippen LogP contribution in [0.25, 0.3) is 22.2 Å². The quantitative estimate of drug-likeness (QED) is 0.423. The molecule has 3 aromatic rings. The van der Waals surface area contributed by atoms with Gasteiger partial charge in [-0.3, -0.25) is 4.90 Å². The first-order chi connectivity index (χ1) is 17.8. The summed E-state index contributed by atoms with van der Waals surface area (Å²) in [6.07, 6.45) is 6.15. The van der Waals surface area contributed by atoms with Crippen LogP contribution < -0.4 is 4.74 Å². The van der Waals surface area contributed by atoms with Crippen molar-refractivity contribution in [3.05, 3.63) is 53.6 Å². The number of carboxylic acids is 1. The van der Waals surface area contributed by atoms with Crippen LogP contribution in [-0.4, -0.2) is 71.3 Å². The second kappa shape index (κ2) is 10.9. The molecule has 0 radical (unpaired) electrons. The fourth-order valence-electron chi connectivity index (χ4n) is 6.41. The highest BCUT2D eigenvalue weighted by atomic mass is 16.5. The topological polar surface area (TPSA) is 57.9 Å². The maximum Gasteiger partial charge on any atom is 0.335 e. The van der Waals surface area contributed by atoms with Crippen molar-refractivity contribution in [1.82, 2.24) is 14.4 Å². The van der Waals surface area contributed by atoms with Gasteiger partial charge in [0, 0.05) is 42.1 Å². The average Bonchev–Trinajstić information content (AvgIpc) is 3.18. The van der Waals surface area contributed by atoms with E-state index >= 15 is 0 Å². The summed E-state index contributed by atoms with van der Waals surface area (Å²) in [5.41, 5.74) is 5.11. The summed E-state index contributed by atoms with van der Waals surface area (Å²) in [4.78, 5) is 16.8. The Labute approximate surface area is 220 Å². The first kappa shape index (κ1) is 25.8. The Morgan fingerprint density at radius 3 is 2.54 bits per heavy atom. The predicted molar refractivity (Wildman–Crippen MR) is 150 cm³/mol. The lowest BCUT2D eigenvalue weighted by Crippen LogP contribution is -2.49. The fraction of sp³-hybridized carbons (Fsp3) is 0.516. The molecule has 0 bridgehead atoms. The second-order valence-corrected chi connectivity index (χ2v) is 11.3. The van der Waals surface area contributed by atoms with Crippen LogP contribution in [-0.2, 0) is 6.54 Å². The molecule has 198 valence electrons. The molecule has 2 heterocycles. The number of para-hydroxylation sites is 1. The molecule has 0 saturated heterocycles. The predicted octanol–water partition coefficient (Wildman–Crippen LogP) is 6.09. The summed E-state index contributed by atoms with van der Waals surface area (Å²) in [7, 11) is 4.23. The van der Waals surface area contributed by atoms with Crippen LogP contribution in [0.15, 0.2) is 42.5 Å². The van der Waals surface area contributed by atoms with Crippen molar-refractivity contribution in [3.63, 3.8) is 0 Å². The molecule has 1 unspecified atom stereocenters.